The summed E-state index contributed by atoms with van der Waals surface area (Å²) >= 11 is 0. The number of likely N-dealkylation sites (tertiary alicyclic amines) is 2. The zero-order valence-corrected chi connectivity index (χ0v) is 28.0. The number of carboxylic acid groups (broad SMARTS) is 2. The van der Waals surface area contributed by atoms with Crippen molar-refractivity contribution < 1.29 is 19.8 Å². The molecular weight excluding hydrogens is 564 g/mol. The molecule has 2 aliphatic heterocycles. The first-order valence-electron chi connectivity index (χ1n) is 16.4. The van der Waals surface area contributed by atoms with E-state index in [0.29, 0.717) is 25.9 Å². The van der Waals surface area contributed by atoms with E-state index in [1.54, 1.807) is 0 Å². The van der Waals surface area contributed by atoms with Crippen LogP contribution < -0.4 is 10.2 Å². The number of nitrogens with zero attached hydrogens (tertiary/aromatic N) is 2. The van der Waals surface area contributed by atoms with Gasteiger partial charge in [0.2, 0.25) is 0 Å². The predicted molar refractivity (Wildman–Crippen MR) is 167 cm³/mol. The minimum atomic E-state index is -0.909. The molecule has 228 valence electrons. The van der Waals surface area contributed by atoms with Gasteiger partial charge in [0.25, 0.3) is 0 Å². The first-order chi connectivity index (χ1) is 20.4. The SMILES string of the molecule is O=C([O-])C(Cc1ccccc1)CN1CC2CCCCC2C1.O=C([O-])C(Cc1ccccc1)CN1CC2CCCCC2C1.[Ca+2]. The molecule has 0 radical (unpaired) electrons. The summed E-state index contributed by atoms with van der Waals surface area (Å²) in [5, 5.41) is 22.9. The molecule has 2 saturated heterocycles. The van der Waals surface area contributed by atoms with Crippen LogP contribution >= 0.6 is 0 Å². The van der Waals surface area contributed by atoms with E-state index in [0.717, 1.165) is 61.0 Å². The first kappa shape index (κ1) is 34.4. The fourth-order valence-corrected chi connectivity index (χ4v) is 8.17. The molecular formula is C36H48CaN2O4. The van der Waals surface area contributed by atoms with E-state index in [9.17, 15) is 19.8 Å². The van der Waals surface area contributed by atoms with E-state index in [4.69, 9.17) is 0 Å². The van der Waals surface area contributed by atoms with Crippen molar-refractivity contribution in [1.29, 1.82) is 0 Å². The van der Waals surface area contributed by atoms with Crippen LogP contribution in [0.3, 0.4) is 0 Å². The predicted octanol–water partition coefficient (Wildman–Crippen LogP) is 3.05. The van der Waals surface area contributed by atoms with Gasteiger partial charge in [-0.25, -0.2) is 0 Å². The second kappa shape index (κ2) is 17.3. The van der Waals surface area contributed by atoms with Crippen LogP contribution in [0.25, 0.3) is 0 Å². The molecule has 0 bridgehead atoms. The van der Waals surface area contributed by atoms with Gasteiger partial charge < -0.3 is 29.6 Å². The van der Waals surface area contributed by atoms with Gasteiger partial charge in [0.15, 0.2) is 0 Å². The maximum absolute atomic E-state index is 11.5. The Hall–Kier alpha value is -1.44. The number of aliphatic carboxylic acids is 2. The van der Waals surface area contributed by atoms with Gasteiger partial charge in [0.05, 0.1) is 0 Å². The minimum Gasteiger partial charge on any atom is -0.550 e. The van der Waals surface area contributed by atoms with Crippen molar-refractivity contribution in [2.75, 3.05) is 39.3 Å². The third-order valence-corrected chi connectivity index (χ3v) is 10.4. The smallest absolute Gasteiger partial charge is 0.550 e. The third kappa shape index (κ3) is 10.3. The molecule has 43 heavy (non-hydrogen) atoms. The molecule has 2 aliphatic carbocycles. The van der Waals surface area contributed by atoms with E-state index < -0.39 is 23.8 Å². The summed E-state index contributed by atoms with van der Waals surface area (Å²) in [4.78, 5) is 27.7. The van der Waals surface area contributed by atoms with E-state index in [-0.39, 0.29) is 37.7 Å². The van der Waals surface area contributed by atoms with Crippen LogP contribution in [0.1, 0.15) is 62.5 Å². The fraction of sp³-hybridized carbons (Fsp3) is 0.611. The van der Waals surface area contributed by atoms with Gasteiger partial charge >= 0.3 is 37.7 Å². The van der Waals surface area contributed by atoms with Gasteiger partial charge in [0, 0.05) is 63.0 Å². The number of fused-ring (bicyclic) bond motifs is 2. The van der Waals surface area contributed by atoms with E-state index >= 15 is 0 Å². The number of carbonyl (C=O) groups is 2. The largest absolute Gasteiger partial charge is 2.00 e. The minimum absolute atomic E-state index is 0. The van der Waals surface area contributed by atoms with Crippen molar-refractivity contribution in [3.8, 4) is 0 Å². The van der Waals surface area contributed by atoms with E-state index in [1.807, 2.05) is 60.7 Å². The van der Waals surface area contributed by atoms with Crippen molar-refractivity contribution in [1.82, 2.24) is 9.80 Å². The summed E-state index contributed by atoms with van der Waals surface area (Å²) in [6, 6.07) is 19.8. The molecule has 4 fully saturated rings. The second-order valence-corrected chi connectivity index (χ2v) is 13.5. The molecule has 2 heterocycles. The summed E-state index contributed by atoms with van der Waals surface area (Å²) in [6.07, 6.45) is 11.9. The number of rotatable bonds is 10. The van der Waals surface area contributed by atoms with Crippen LogP contribution in [0.2, 0.25) is 0 Å². The summed E-state index contributed by atoms with van der Waals surface area (Å²) < 4.78 is 0. The Morgan fingerprint density at radius 2 is 0.884 bits per heavy atom. The van der Waals surface area contributed by atoms with Crippen molar-refractivity contribution in [2.45, 2.75) is 64.2 Å². The average molecular weight is 613 g/mol. The fourth-order valence-electron chi connectivity index (χ4n) is 8.17. The molecule has 6 atom stereocenters. The normalized spacial score (nSPS) is 26.6. The standard InChI is InChI=1S/2C18H25NO2.Ca/c2*20-18(21)17(10-14-6-2-1-3-7-14)13-19-11-15-8-4-5-9-16(15)12-19;/h2*1-3,6-7,15-17H,4-5,8-13H2,(H,20,21);/q;;+2/p-2. The van der Waals surface area contributed by atoms with Crippen LogP contribution in [0.15, 0.2) is 60.7 Å². The van der Waals surface area contributed by atoms with Crippen LogP contribution in [-0.4, -0.2) is 98.7 Å². The summed E-state index contributed by atoms with van der Waals surface area (Å²) in [5.41, 5.74) is 2.17. The van der Waals surface area contributed by atoms with Gasteiger partial charge in [-0.1, -0.05) is 86.3 Å². The molecule has 0 aromatic heterocycles. The number of benzene rings is 2. The van der Waals surface area contributed by atoms with Crippen LogP contribution in [0.4, 0.5) is 0 Å². The van der Waals surface area contributed by atoms with Gasteiger partial charge in [-0.05, 0) is 73.3 Å². The molecule has 2 aromatic rings. The van der Waals surface area contributed by atoms with Crippen molar-refractivity contribution >= 4 is 49.7 Å². The molecule has 6 unspecified atom stereocenters. The molecule has 6 rings (SSSR count). The van der Waals surface area contributed by atoms with E-state index in [1.165, 1.54) is 51.4 Å². The van der Waals surface area contributed by atoms with Crippen molar-refractivity contribution in [2.24, 2.45) is 35.5 Å². The zero-order valence-electron chi connectivity index (χ0n) is 25.8. The van der Waals surface area contributed by atoms with Gasteiger partial charge in [-0.2, -0.15) is 0 Å². The van der Waals surface area contributed by atoms with Crippen LogP contribution in [0.5, 0.6) is 0 Å². The Kier molecular flexibility index (Phi) is 13.9. The topological polar surface area (TPSA) is 86.7 Å². The average Bonchev–Trinajstić information content (AvgIpc) is 3.61. The molecule has 0 spiro atoms. The molecule has 4 aliphatic rings. The summed E-state index contributed by atoms with van der Waals surface area (Å²) in [5.74, 6) is 0.606. The van der Waals surface area contributed by atoms with Gasteiger partial charge in [-0.3, -0.25) is 0 Å². The summed E-state index contributed by atoms with van der Waals surface area (Å²) in [6.45, 7) is 5.63. The number of carbonyl (C=O) groups excluding carboxylic acids is 2. The molecule has 2 aromatic carbocycles. The van der Waals surface area contributed by atoms with Crippen LogP contribution in [-0.2, 0) is 22.4 Å². The Morgan fingerprint density at radius 3 is 1.16 bits per heavy atom. The number of carboxylic acids is 2. The first-order valence-corrected chi connectivity index (χ1v) is 16.4. The Bertz CT molecular complexity index is 1020. The quantitative estimate of drug-likeness (QED) is 0.384. The Balaban J connectivity index is 0.000000192. The number of hydrogen-bond acceptors (Lipinski definition) is 6. The van der Waals surface area contributed by atoms with E-state index in [2.05, 4.69) is 9.80 Å². The second-order valence-electron chi connectivity index (χ2n) is 13.5. The monoisotopic (exact) mass is 612 g/mol. The number of hydrogen-bond donors (Lipinski definition) is 0. The molecule has 7 heteroatoms. The maximum Gasteiger partial charge on any atom is 2.00 e. The third-order valence-electron chi connectivity index (χ3n) is 10.4. The van der Waals surface area contributed by atoms with Gasteiger partial charge in [-0.15, -0.1) is 0 Å². The molecule has 2 saturated carbocycles. The van der Waals surface area contributed by atoms with Crippen molar-refractivity contribution in [3.63, 3.8) is 0 Å². The van der Waals surface area contributed by atoms with Gasteiger partial charge in [0.1, 0.15) is 0 Å². The maximum atomic E-state index is 11.5. The molecule has 0 amide bonds. The van der Waals surface area contributed by atoms with Crippen LogP contribution in [0, 0.1) is 35.5 Å². The van der Waals surface area contributed by atoms with Crippen molar-refractivity contribution in [3.05, 3.63) is 71.8 Å². The molecule has 6 nitrogen and oxygen atoms in total. The summed E-state index contributed by atoms with van der Waals surface area (Å²) in [7, 11) is 0. The Morgan fingerprint density at radius 1 is 0.581 bits per heavy atom. The zero-order chi connectivity index (χ0) is 29.3. The Labute approximate surface area is 288 Å². The molecule has 0 N–H and O–H groups in total.